The summed E-state index contributed by atoms with van der Waals surface area (Å²) >= 11 is 0. The maximum Gasteiger partial charge on any atom is 0.138 e. The Morgan fingerprint density at radius 3 is 2.76 bits per heavy atom. The van der Waals surface area contributed by atoms with Gasteiger partial charge in [-0.1, -0.05) is 0 Å². The minimum atomic E-state index is -0.339. The lowest BCUT2D eigenvalue weighted by Crippen LogP contribution is -2.53. The van der Waals surface area contributed by atoms with Crippen molar-refractivity contribution in [3.8, 4) is 0 Å². The lowest BCUT2D eigenvalue weighted by Gasteiger charge is -2.33. The number of nitrogens with one attached hydrogen (secondary N) is 1. The fourth-order valence-corrected chi connectivity index (χ4v) is 1.87. The van der Waals surface area contributed by atoms with E-state index in [1.165, 1.54) is 0 Å². The Morgan fingerprint density at radius 2 is 2.24 bits per heavy atom. The fourth-order valence-electron chi connectivity index (χ4n) is 1.87. The third kappa shape index (κ3) is 3.49. The summed E-state index contributed by atoms with van der Waals surface area (Å²) in [6, 6.07) is -0.00282. The van der Waals surface area contributed by atoms with Gasteiger partial charge in [0.25, 0.3) is 0 Å². The van der Waals surface area contributed by atoms with E-state index in [1.54, 1.807) is 6.33 Å². The number of nitrogens with two attached hydrogens (primary N) is 1. The lowest BCUT2D eigenvalue weighted by atomic mass is 9.95. The molecule has 0 radical (unpaired) electrons. The van der Waals surface area contributed by atoms with Gasteiger partial charge in [-0.25, -0.2) is 4.98 Å². The summed E-state index contributed by atoms with van der Waals surface area (Å²) in [7, 11) is 0. The maximum absolute atomic E-state index is 5.70. The molecule has 17 heavy (non-hydrogen) atoms. The van der Waals surface area contributed by atoms with Gasteiger partial charge in [0.05, 0.1) is 11.6 Å². The van der Waals surface area contributed by atoms with Gasteiger partial charge in [0.1, 0.15) is 12.2 Å². The number of rotatable bonds is 7. The number of hydrogen-bond donors (Lipinski definition) is 2. The van der Waals surface area contributed by atoms with Gasteiger partial charge in [-0.15, -0.1) is 0 Å². The summed E-state index contributed by atoms with van der Waals surface area (Å²) in [5.74, 6) is 6.53. The summed E-state index contributed by atoms with van der Waals surface area (Å²) in [5.41, 5.74) is 2.47. The molecular weight excluding hydrogens is 218 g/mol. The largest absolute Gasteiger partial charge is 0.374 e. The third-order valence-electron chi connectivity index (χ3n) is 2.94. The fraction of sp³-hybridized carbons (Fsp3) is 0.818. The number of ether oxygens (including phenoxy) is 1. The van der Waals surface area contributed by atoms with E-state index in [4.69, 9.17) is 10.6 Å². The van der Waals surface area contributed by atoms with Crippen LogP contribution in [0.3, 0.4) is 0 Å². The van der Waals surface area contributed by atoms with E-state index < -0.39 is 0 Å². The number of hydrazine groups is 1. The maximum atomic E-state index is 5.70. The number of aryl methyl sites for hydroxylation is 1. The average molecular weight is 241 g/mol. The molecule has 0 aliphatic heterocycles. The molecule has 0 fully saturated rings. The Labute approximate surface area is 103 Å². The second-order valence-electron chi connectivity index (χ2n) is 4.45. The van der Waals surface area contributed by atoms with E-state index in [0.717, 1.165) is 12.4 Å². The highest BCUT2D eigenvalue weighted by molar-refractivity contribution is 4.95. The predicted molar refractivity (Wildman–Crippen MR) is 66.2 cm³/mol. The molecule has 0 aromatic carbocycles. The normalized spacial score (nSPS) is 13.9. The molecule has 1 aromatic rings. The van der Waals surface area contributed by atoms with Crippen LogP contribution in [0.4, 0.5) is 0 Å². The monoisotopic (exact) mass is 241 g/mol. The number of hydrogen-bond acceptors (Lipinski definition) is 5. The van der Waals surface area contributed by atoms with E-state index in [-0.39, 0.29) is 11.6 Å². The van der Waals surface area contributed by atoms with Gasteiger partial charge in [-0.3, -0.25) is 16.0 Å². The first kappa shape index (κ1) is 14.1. The smallest absolute Gasteiger partial charge is 0.138 e. The van der Waals surface area contributed by atoms with Crippen molar-refractivity contribution in [1.29, 1.82) is 0 Å². The van der Waals surface area contributed by atoms with Crippen LogP contribution in [-0.4, -0.2) is 33.0 Å². The molecule has 1 rings (SSSR count). The first-order valence-corrected chi connectivity index (χ1v) is 6.01. The van der Waals surface area contributed by atoms with Crippen LogP contribution in [0.1, 0.15) is 33.5 Å². The molecule has 0 saturated heterocycles. The van der Waals surface area contributed by atoms with Gasteiger partial charge in [0, 0.05) is 19.6 Å². The van der Waals surface area contributed by atoms with Crippen LogP contribution in [0.5, 0.6) is 0 Å². The second-order valence-corrected chi connectivity index (χ2v) is 4.45. The summed E-state index contributed by atoms with van der Waals surface area (Å²) in [6.07, 6.45) is 2.26. The van der Waals surface area contributed by atoms with Gasteiger partial charge in [-0.05, 0) is 27.7 Å². The van der Waals surface area contributed by atoms with Crippen molar-refractivity contribution in [3.05, 3.63) is 12.2 Å². The van der Waals surface area contributed by atoms with E-state index in [1.807, 2.05) is 32.4 Å². The van der Waals surface area contributed by atoms with Crippen molar-refractivity contribution in [1.82, 2.24) is 20.2 Å². The van der Waals surface area contributed by atoms with E-state index >= 15 is 0 Å². The molecule has 98 valence electrons. The van der Waals surface area contributed by atoms with Gasteiger partial charge in [0.2, 0.25) is 0 Å². The molecule has 1 aromatic heterocycles. The van der Waals surface area contributed by atoms with Crippen molar-refractivity contribution in [2.75, 3.05) is 6.61 Å². The molecular formula is C11H23N5O. The third-order valence-corrected chi connectivity index (χ3v) is 2.94. The van der Waals surface area contributed by atoms with E-state index in [2.05, 4.69) is 15.5 Å². The van der Waals surface area contributed by atoms with Crippen molar-refractivity contribution in [2.24, 2.45) is 5.84 Å². The Bertz CT molecular complexity index is 336. The molecule has 3 N–H and O–H groups in total. The van der Waals surface area contributed by atoms with Gasteiger partial charge in [-0.2, -0.15) is 5.10 Å². The van der Waals surface area contributed by atoms with Crippen LogP contribution in [0.2, 0.25) is 0 Å². The molecule has 6 nitrogen and oxygen atoms in total. The SMILES string of the molecule is CCOC(C)(C)C(Cc1ncnn1CC)NN. The topological polar surface area (TPSA) is 78.0 Å². The molecule has 6 heteroatoms. The first-order valence-electron chi connectivity index (χ1n) is 6.01. The highest BCUT2D eigenvalue weighted by Gasteiger charge is 2.30. The average Bonchev–Trinajstić information content (AvgIpc) is 2.72. The van der Waals surface area contributed by atoms with Crippen LogP contribution < -0.4 is 11.3 Å². The van der Waals surface area contributed by atoms with Gasteiger partial charge < -0.3 is 4.74 Å². The summed E-state index contributed by atoms with van der Waals surface area (Å²) in [6.45, 7) is 9.52. The Hall–Kier alpha value is -0.980. The predicted octanol–water partition coefficient (Wildman–Crippen LogP) is 0.488. The summed E-state index contributed by atoms with van der Waals surface area (Å²) in [5, 5.41) is 4.15. The zero-order chi connectivity index (χ0) is 12.9. The Kier molecular flexibility index (Phi) is 5.04. The zero-order valence-electron chi connectivity index (χ0n) is 11.1. The molecule has 0 amide bonds. The molecule has 0 bridgehead atoms. The van der Waals surface area contributed by atoms with Gasteiger partial charge in [0.15, 0.2) is 0 Å². The van der Waals surface area contributed by atoms with Crippen molar-refractivity contribution < 1.29 is 4.74 Å². The summed E-state index contributed by atoms with van der Waals surface area (Å²) in [4.78, 5) is 4.25. The van der Waals surface area contributed by atoms with Gasteiger partial charge >= 0.3 is 0 Å². The minimum Gasteiger partial charge on any atom is -0.374 e. The second kappa shape index (κ2) is 6.09. The van der Waals surface area contributed by atoms with Crippen molar-refractivity contribution in [2.45, 2.75) is 52.3 Å². The quantitative estimate of drug-likeness (QED) is 0.536. The lowest BCUT2D eigenvalue weighted by molar-refractivity contribution is -0.0387. The minimum absolute atomic E-state index is 0.00282. The molecule has 1 heterocycles. The van der Waals surface area contributed by atoms with Crippen molar-refractivity contribution in [3.63, 3.8) is 0 Å². The molecule has 0 aliphatic rings. The van der Waals surface area contributed by atoms with Crippen LogP contribution >= 0.6 is 0 Å². The number of nitrogens with zero attached hydrogens (tertiary/aromatic N) is 3. The summed E-state index contributed by atoms with van der Waals surface area (Å²) < 4.78 is 7.57. The standard InChI is InChI=1S/C11H23N5O/c1-5-16-10(13-8-14-16)7-9(15-12)11(3,4)17-6-2/h8-9,15H,5-7,12H2,1-4H3. The molecule has 0 spiro atoms. The highest BCUT2D eigenvalue weighted by Crippen LogP contribution is 2.17. The van der Waals surface area contributed by atoms with Crippen LogP contribution in [0, 0.1) is 0 Å². The van der Waals surface area contributed by atoms with Crippen molar-refractivity contribution >= 4 is 0 Å². The molecule has 0 aliphatic carbocycles. The first-order chi connectivity index (χ1) is 8.05. The highest BCUT2D eigenvalue weighted by atomic mass is 16.5. The zero-order valence-corrected chi connectivity index (χ0v) is 11.1. The van der Waals surface area contributed by atoms with Crippen LogP contribution in [0.15, 0.2) is 6.33 Å². The molecule has 0 saturated carbocycles. The Morgan fingerprint density at radius 1 is 1.53 bits per heavy atom. The number of aromatic nitrogens is 3. The van der Waals surface area contributed by atoms with E-state index in [9.17, 15) is 0 Å². The molecule has 1 atom stereocenters. The van der Waals surface area contributed by atoms with Crippen LogP contribution in [-0.2, 0) is 17.7 Å². The van der Waals surface area contributed by atoms with Crippen LogP contribution in [0.25, 0.3) is 0 Å². The van der Waals surface area contributed by atoms with E-state index in [0.29, 0.717) is 13.0 Å². The molecule has 1 unspecified atom stereocenters. The Balaban J connectivity index is 2.76.